The van der Waals surface area contributed by atoms with Crippen molar-refractivity contribution in [2.75, 3.05) is 0 Å². The van der Waals surface area contributed by atoms with Gasteiger partial charge in [0.05, 0.1) is 0 Å². The van der Waals surface area contributed by atoms with Gasteiger partial charge in [-0.2, -0.15) is 5.10 Å². The summed E-state index contributed by atoms with van der Waals surface area (Å²) in [6.45, 7) is 4.33. The quantitative estimate of drug-likeness (QED) is 0.579. The lowest BCUT2D eigenvalue weighted by atomic mass is 10.0. The Bertz CT molecular complexity index is 373. The Morgan fingerprint density at radius 3 is 2.67 bits per heavy atom. The maximum absolute atomic E-state index is 11.7. The van der Waals surface area contributed by atoms with Gasteiger partial charge in [-0.05, 0) is 30.9 Å². The van der Waals surface area contributed by atoms with Gasteiger partial charge in [0.15, 0.2) is 0 Å². The van der Waals surface area contributed by atoms with E-state index in [1.54, 1.807) is 12.1 Å². The van der Waals surface area contributed by atoms with Crippen LogP contribution in [0.25, 0.3) is 0 Å². The Balaban J connectivity index is 2.41. The third kappa shape index (κ3) is 5.13. The summed E-state index contributed by atoms with van der Waals surface area (Å²) >= 11 is 0. The Morgan fingerprint density at radius 1 is 1.33 bits per heavy atom. The number of rotatable bonds is 7. The van der Waals surface area contributed by atoms with Gasteiger partial charge >= 0.3 is 0 Å². The predicted molar refractivity (Wildman–Crippen MR) is 75.7 cm³/mol. The molecular weight excluding hydrogens is 224 g/mol. The number of hydrogen-bond donors (Lipinski definition) is 1. The highest BCUT2D eigenvalue weighted by molar-refractivity contribution is 5.94. The second kappa shape index (κ2) is 8.45. The maximum atomic E-state index is 11.7. The van der Waals surface area contributed by atoms with E-state index in [0.717, 1.165) is 12.8 Å². The molecule has 1 N–H and O–H groups in total. The van der Waals surface area contributed by atoms with Crippen molar-refractivity contribution in [2.45, 2.75) is 39.5 Å². The normalized spacial score (nSPS) is 12.6. The van der Waals surface area contributed by atoms with Gasteiger partial charge in [-0.1, -0.05) is 44.9 Å². The number of hydrazone groups is 1. The molecule has 1 aromatic carbocycles. The van der Waals surface area contributed by atoms with E-state index in [2.05, 4.69) is 24.4 Å². The van der Waals surface area contributed by atoms with Crippen molar-refractivity contribution >= 4 is 12.1 Å². The Hall–Kier alpha value is -1.64. The molecule has 0 saturated heterocycles. The fourth-order valence-corrected chi connectivity index (χ4v) is 1.71. The van der Waals surface area contributed by atoms with Gasteiger partial charge in [0.25, 0.3) is 5.91 Å². The van der Waals surface area contributed by atoms with Crippen LogP contribution in [-0.2, 0) is 0 Å². The van der Waals surface area contributed by atoms with Gasteiger partial charge in [-0.15, -0.1) is 0 Å². The van der Waals surface area contributed by atoms with Gasteiger partial charge in [-0.25, -0.2) is 5.43 Å². The highest BCUT2D eigenvalue weighted by Gasteiger charge is 2.04. The van der Waals surface area contributed by atoms with Crippen molar-refractivity contribution in [1.29, 1.82) is 0 Å². The first-order chi connectivity index (χ1) is 8.77. The van der Waals surface area contributed by atoms with Gasteiger partial charge in [0.2, 0.25) is 0 Å². The van der Waals surface area contributed by atoms with Crippen LogP contribution in [0.5, 0.6) is 0 Å². The molecule has 0 aliphatic carbocycles. The zero-order chi connectivity index (χ0) is 13.2. The van der Waals surface area contributed by atoms with Crippen LogP contribution in [0.1, 0.15) is 49.9 Å². The summed E-state index contributed by atoms with van der Waals surface area (Å²) in [5.74, 6) is 0.304. The summed E-state index contributed by atoms with van der Waals surface area (Å²) in [4.78, 5) is 11.7. The Labute approximate surface area is 109 Å². The van der Waals surface area contributed by atoms with Crippen molar-refractivity contribution < 1.29 is 4.79 Å². The molecule has 1 atom stereocenters. The Morgan fingerprint density at radius 2 is 2.06 bits per heavy atom. The summed E-state index contributed by atoms with van der Waals surface area (Å²) in [7, 11) is 0. The van der Waals surface area contributed by atoms with Crippen LogP contribution < -0.4 is 5.43 Å². The first-order valence-electron chi connectivity index (χ1n) is 6.66. The molecule has 1 aromatic rings. The minimum atomic E-state index is -0.155. The maximum Gasteiger partial charge on any atom is 0.271 e. The van der Waals surface area contributed by atoms with Gasteiger partial charge < -0.3 is 0 Å². The molecule has 0 radical (unpaired) electrons. The van der Waals surface area contributed by atoms with E-state index in [-0.39, 0.29) is 5.91 Å². The molecule has 0 saturated carbocycles. The first-order valence-corrected chi connectivity index (χ1v) is 6.66. The topological polar surface area (TPSA) is 41.5 Å². The van der Waals surface area contributed by atoms with Gasteiger partial charge in [0.1, 0.15) is 0 Å². The van der Waals surface area contributed by atoms with Crippen LogP contribution in [0.15, 0.2) is 35.4 Å². The molecule has 0 heterocycles. The fourth-order valence-electron chi connectivity index (χ4n) is 1.71. The number of nitrogens with one attached hydrogen (secondary N) is 1. The van der Waals surface area contributed by atoms with Crippen LogP contribution in [0.3, 0.4) is 0 Å². The number of carbonyl (C=O) groups excluding carboxylic acids is 1. The summed E-state index contributed by atoms with van der Waals surface area (Å²) in [5.41, 5.74) is 3.21. The van der Waals surface area contributed by atoms with Crippen LogP contribution >= 0.6 is 0 Å². The van der Waals surface area contributed by atoms with Gasteiger partial charge in [0, 0.05) is 11.8 Å². The summed E-state index contributed by atoms with van der Waals surface area (Å²) in [6.07, 6.45) is 6.46. The standard InChI is InChI=1S/C15H22N2O/c1-3-5-9-13(4-2)12-16-17-15(18)14-10-7-6-8-11-14/h6-8,10-13H,3-5,9H2,1-2H3,(H,17,18). The van der Waals surface area contributed by atoms with E-state index in [1.807, 2.05) is 24.4 Å². The van der Waals surface area contributed by atoms with E-state index in [0.29, 0.717) is 11.5 Å². The molecule has 0 aliphatic rings. The van der Waals surface area contributed by atoms with Crippen LogP contribution in [0.2, 0.25) is 0 Å². The van der Waals surface area contributed by atoms with Crippen LogP contribution in [-0.4, -0.2) is 12.1 Å². The monoisotopic (exact) mass is 246 g/mol. The molecule has 1 rings (SSSR count). The highest BCUT2D eigenvalue weighted by atomic mass is 16.2. The van der Waals surface area contributed by atoms with E-state index in [1.165, 1.54) is 12.8 Å². The molecule has 3 nitrogen and oxygen atoms in total. The SMILES string of the molecule is CCCCC(C=NNC(=O)c1ccccc1)CC. The minimum absolute atomic E-state index is 0.155. The molecule has 0 aliphatic heterocycles. The van der Waals surface area contributed by atoms with Crippen molar-refractivity contribution in [1.82, 2.24) is 5.43 Å². The molecule has 0 bridgehead atoms. The average molecular weight is 246 g/mol. The zero-order valence-electron chi connectivity index (χ0n) is 11.2. The number of hydrogen-bond acceptors (Lipinski definition) is 2. The van der Waals surface area contributed by atoms with Crippen molar-refractivity contribution in [2.24, 2.45) is 11.0 Å². The third-order valence-electron chi connectivity index (χ3n) is 2.94. The number of unbranched alkanes of at least 4 members (excludes halogenated alkanes) is 1. The number of benzene rings is 1. The third-order valence-corrected chi connectivity index (χ3v) is 2.94. The van der Waals surface area contributed by atoms with Crippen molar-refractivity contribution in [3.63, 3.8) is 0 Å². The lowest BCUT2D eigenvalue weighted by molar-refractivity contribution is 0.0955. The Kier molecular flexibility index (Phi) is 6.77. The van der Waals surface area contributed by atoms with E-state index in [4.69, 9.17) is 0 Å². The molecule has 0 fully saturated rings. The van der Waals surface area contributed by atoms with Crippen molar-refractivity contribution in [3.05, 3.63) is 35.9 Å². The molecule has 0 spiro atoms. The van der Waals surface area contributed by atoms with Crippen LogP contribution in [0, 0.1) is 5.92 Å². The zero-order valence-corrected chi connectivity index (χ0v) is 11.2. The number of nitrogens with zero attached hydrogens (tertiary/aromatic N) is 1. The summed E-state index contributed by atoms with van der Waals surface area (Å²) in [6, 6.07) is 9.12. The van der Waals surface area contributed by atoms with Crippen LogP contribution in [0.4, 0.5) is 0 Å². The molecule has 1 amide bonds. The second-order valence-corrected chi connectivity index (χ2v) is 4.40. The van der Waals surface area contributed by atoms with E-state index < -0.39 is 0 Å². The lowest BCUT2D eigenvalue weighted by Gasteiger charge is -2.07. The molecule has 3 heteroatoms. The molecule has 18 heavy (non-hydrogen) atoms. The molecular formula is C15H22N2O. The number of carbonyl (C=O) groups is 1. The second-order valence-electron chi connectivity index (χ2n) is 4.40. The molecule has 1 unspecified atom stereocenters. The minimum Gasteiger partial charge on any atom is -0.267 e. The summed E-state index contributed by atoms with van der Waals surface area (Å²) in [5, 5.41) is 4.05. The lowest BCUT2D eigenvalue weighted by Crippen LogP contribution is -2.18. The molecule has 98 valence electrons. The van der Waals surface area contributed by atoms with E-state index >= 15 is 0 Å². The largest absolute Gasteiger partial charge is 0.271 e. The fraction of sp³-hybridized carbons (Fsp3) is 0.467. The highest BCUT2D eigenvalue weighted by Crippen LogP contribution is 2.09. The first kappa shape index (κ1) is 14.4. The smallest absolute Gasteiger partial charge is 0.267 e. The summed E-state index contributed by atoms with van der Waals surface area (Å²) < 4.78 is 0. The van der Waals surface area contributed by atoms with E-state index in [9.17, 15) is 4.79 Å². The number of amides is 1. The molecule has 0 aromatic heterocycles. The predicted octanol–water partition coefficient (Wildman–Crippen LogP) is 3.62. The van der Waals surface area contributed by atoms with Crippen molar-refractivity contribution in [3.8, 4) is 0 Å². The van der Waals surface area contributed by atoms with Gasteiger partial charge in [-0.3, -0.25) is 4.79 Å². The average Bonchev–Trinajstić information content (AvgIpc) is 2.43.